The van der Waals surface area contributed by atoms with Crippen LogP contribution in [0.3, 0.4) is 0 Å². The first-order valence-electron chi connectivity index (χ1n) is 10.3. The molecule has 0 amide bonds. The lowest BCUT2D eigenvalue weighted by molar-refractivity contribution is -0.142. The fourth-order valence-electron chi connectivity index (χ4n) is 3.50. The summed E-state index contributed by atoms with van der Waals surface area (Å²) in [7, 11) is 0. The van der Waals surface area contributed by atoms with Crippen LogP contribution in [-0.4, -0.2) is 24.7 Å². The molecule has 0 aliphatic rings. The van der Waals surface area contributed by atoms with Crippen molar-refractivity contribution in [2.45, 2.75) is 25.9 Å². The summed E-state index contributed by atoms with van der Waals surface area (Å²) in [6.45, 7) is 4.10. The molecule has 0 atom stereocenters. The van der Waals surface area contributed by atoms with E-state index in [1.54, 1.807) is 24.3 Å². The van der Waals surface area contributed by atoms with Gasteiger partial charge in [0.25, 0.3) is 5.89 Å². The zero-order valence-corrected chi connectivity index (χ0v) is 17.7. The topological polar surface area (TPSA) is 69.1 Å². The van der Waals surface area contributed by atoms with Crippen molar-refractivity contribution in [3.05, 3.63) is 78.0 Å². The molecule has 3 heterocycles. The van der Waals surface area contributed by atoms with E-state index in [4.69, 9.17) is 4.52 Å². The monoisotopic (exact) mass is 449 g/mol. The molecule has 3 aromatic heterocycles. The molecule has 6 nitrogen and oxygen atoms in total. The van der Waals surface area contributed by atoms with Gasteiger partial charge in [-0.1, -0.05) is 73.6 Å². The third kappa shape index (κ3) is 3.97. The molecule has 0 saturated heterocycles. The van der Waals surface area contributed by atoms with Crippen molar-refractivity contribution < 1.29 is 17.7 Å². The summed E-state index contributed by atoms with van der Waals surface area (Å²) < 4.78 is 47.7. The molecule has 2 aromatic carbocycles. The van der Waals surface area contributed by atoms with Crippen molar-refractivity contribution in [3.63, 3.8) is 0 Å². The van der Waals surface area contributed by atoms with E-state index in [-0.39, 0.29) is 22.9 Å². The van der Waals surface area contributed by atoms with E-state index >= 15 is 0 Å². The maximum atomic E-state index is 13.9. The number of aromatic nitrogens is 5. The highest BCUT2D eigenvalue weighted by atomic mass is 19.4. The van der Waals surface area contributed by atoms with Crippen molar-refractivity contribution in [1.29, 1.82) is 0 Å². The summed E-state index contributed by atoms with van der Waals surface area (Å²) in [5.41, 5.74) is 1.79. The van der Waals surface area contributed by atoms with Crippen LogP contribution in [0.4, 0.5) is 13.2 Å². The first kappa shape index (κ1) is 20.9. The maximum absolute atomic E-state index is 13.9. The second-order valence-electron chi connectivity index (χ2n) is 7.89. The zero-order chi connectivity index (χ0) is 23.2. The smallest absolute Gasteiger partial charge is 0.332 e. The van der Waals surface area contributed by atoms with Crippen LogP contribution in [0.1, 0.15) is 31.0 Å². The Labute approximate surface area is 186 Å². The van der Waals surface area contributed by atoms with Crippen LogP contribution in [0, 0.1) is 0 Å². The van der Waals surface area contributed by atoms with Gasteiger partial charge in [-0.3, -0.25) is 0 Å². The molecule has 33 heavy (non-hydrogen) atoms. The molecule has 0 fully saturated rings. The lowest BCUT2D eigenvalue weighted by atomic mass is 10.0. The van der Waals surface area contributed by atoms with Crippen LogP contribution in [0.15, 0.2) is 71.3 Å². The van der Waals surface area contributed by atoms with Crippen molar-refractivity contribution >= 4 is 5.65 Å². The van der Waals surface area contributed by atoms with Gasteiger partial charge >= 0.3 is 6.18 Å². The van der Waals surface area contributed by atoms with E-state index in [1.165, 1.54) is 6.07 Å². The number of hydrogen-bond donors (Lipinski definition) is 0. The summed E-state index contributed by atoms with van der Waals surface area (Å²) in [6.07, 6.45) is -4.64. The zero-order valence-electron chi connectivity index (χ0n) is 17.7. The van der Waals surface area contributed by atoms with Gasteiger partial charge in [-0.25, -0.2) is 9.50 Å². The van der Waals surface area contributed by atoms with E-state index in [0.717, 1.165) is 21.7 Å². The second-order valence-corrected chi connectivity index (χ2v) is 7.89. The fraction of sp³-hybridized carbons (Fsp3) is 0.167. The summed E-state index contributed by atoms with van der Waals surface area (Å²) >= 11 is 0. The molecule has 0 aliphatic carbocycles. The molecule has 166 valence electrons. The number of hydrogen-bond acceptors (Lipinski definition) is 5. The van der Waals surface area contributed by atoms with Crippen LogP contribution < -0.4 is 0 Å². The fourth-order valence-corrected chi connectivity index (χ4v) is 3.50. The van der Waals surface area contributed by atoms with Gasteiger partial charge < -0.3 is 4.52 Å². The molecule has 5 rings (SSSR count). The minimum Gasteiger partial charge on any atom is -0.332 e. The van der Waals surface area contributed by atoms with Gasteiger partial charge in [-0.05, 0) is 17.5 Å². The minimum absolute atomic E-state index is 0.00955. The lowest BCUT2D eigenvalue weighted by Crippen LogP contribution is -2.13. The number of fused-ring (bicyclic) bond motifs is 1. The van der Waals surface area contributed by atoms with Crippen LogP contribution in [0.25, 0.3) is 39.9 Å². The van der Waals surface area contributed by atoms with Crippen molar-refractivity contribution in [1.82, 2.24) is 24.7 Å². The first-order chi connectivity index (χ1) is 15.8. The number of benzene rings is 2. The molecule has 9 heteroatoms. The summed E-state index contributed by atoms with van der Waals surface area (Å²) in [5, 5.41) is 7.98. The van der Waals surface area contributed by atoms with Gasteiger partial charge in [0.2, 0.25) is 5.82 Å². The van der Waals surface area contributed by atoms with Crippen molar-refractivity contribution in [3.8, 4) is 34.2 Å². The summed E-state index contributed by atoms with van der Waals surface area (Å²) in [5.74, 6) is 0.640. The van der Waals surface area contributed by atoms with Gasteiger partial charge in [0, 0.05) is 17.2 Å². The highest BCUT2D eigenvalue weighted by Gasteiger charge is 2.35. The number of rotatable bonds is 4. The normalized spacial score (nSPS) is 12.1. The molecule has 0 unspecified atom stereocenters. The Kier molecular flexibility index (Phi) is 4.96. The molecule has 5 aromatic rings. The van der Waals surface area contributed by atoms with Crippen LogP contribution in [-0.2, 0) is 6.18 Å². The molecular weight excluding hydrogens is 431 g/mol. The van der Waals surface area contributed by atoms with E-state index < -0.39 is 11.9 Å². The van der Waals surface area contributed by atoms with E-state index in [2.05, 4.69) is 34.1 Å². The quantitative estimate of drug-likeness (QED) is 0.324. The Bertz CT molecular complexity index is 1420. The van der Waals surface area contributed by atoms with Crippen LogP contribution in [0.5, 0.6) is 0 Å². The first-order valence-corrected chi connectivity index (χ1v) is 10.3. The summed E-state index contributed by atoms with van der Waals surface area (Å²) in [6, 6.07) is 18.8. The summed E-state index contributed by atoms with van der Waals surface area (Å²) in [4.78, 5) is 8.70. The molecule has 0 radical (unpaired) electrons. The molecule has 0 spiro atoms. The predicted molar refractivity (Wildman–Crippen MR) is 116 cm³/mol. The Morgan fingerprint density at radius 1 is 0.848 bits per heavy atom. The SMILES string of the molecule is CC(C)c1ccc(-c2cc(C(F)(F)F)n3nc(-c4nc(-c5ccccc5)no4)cc3n2)cc1. The molecule has 0 bridgehead atoms. The lowest BCUT2D eigenvalue weighted by Gasteiger charge is -2.11. The van der Waals surface area contributed by atoms with Crippen LogP contribution >= 0.6 is 0 Å². The highest BCUT2D eigenvalue weighted by Crippen LogP contribution is 2.33. The largest absolute Gasteiger partial charge is 0.433 e. The molecule has 0 saturated carbocycles. The highest BCUT2D eigenvalue weighted by molar-refractivity contribution is 5.66. The van der Waals surface area contributed by atoms with E-state index in [1.807, 2.05) is 30.3 Å². The Balaban J connectivity index is 1.60. The number of halogens is 3. The predicted octanol–water partition coefficient (Wildman–Crippen LogP) is 6.26. The van der Waals surface area contributed by atoms with Crippen LogP contribution in [0.2, 0.25) is 0 Å². The Hall–Kier alpha value is -4.01. The average molecular weight is 449 g/mol. The van der Waals surface area contributed by atoms with Gasteiger partial charge in [-0.2, -0.15) is 23.3 Å². The van der Waals surface area contributed by atoms with Gasteiger partial charge in [0.1, 0.15) is 0 Å². The standard InChI is InChI=1S/C24H18F3N5O/c1-14(2)15-8-10-16(11-9-15)18-12-20(24(25,26)27)32-21(28-18)13-19(30-32)23-29-22(31-33-23)17-6-4-3-5-7-17/h3-14H,1-2H3. The third-order valence-corrected chi connectivity index (χ3v) is 5.27. The number of alkyl halides is 3. The average Bonchev–Trinajstić information content (AvgIpc) is 3.45. The molecular formula is C24H18F3N5O. The third-order valence-electron chi connectivity index (χ3n) is 5.27. The van der Waals surface area contributed by atoms with E-state index in [0.29, 0.717) is 17.3 Å². The molecule has 0 N–H and O–H groups in total. The van der Waals surface area contributed by atoms with Gasteiger partial charge in [0.15, 0.2) is 17.0 Å². The maximum Gasteiger partial charge on any atom is 0.433 e. The minimum atomic E-state index is -4.64. The number of nitrogens with zero attached hydrogens (tertiary/aromatic N) is 5. The van der Waals surface area contributed by atoms with Gasteiger partial charge in [0.05, 0.1) is 5.69 Å². The second kappa shape index (κ2) is 7.84. The van der Waals surface area contributed by atoms with Gasteiger partial charge in [-0.15, -0.1) is 0 Å². The van der Waals surface area contributed by atoms with Crippen molar-refractivity contribution in [2.75, 3.05) is 0 Å². The Morgan fingerprint density at radius 2 is 1.58 bits per heavy atom. The van der Waals surface area contributed by atoms with E-state index in [9.17, 15) is 13.2 Å². The molecule has 0 aliphatic heterocycles. The van der Waals surface area contributed by atoms with Crippen molar-refractivity contribution in [2.24, 2.45) is 0 Å². The Morgan fingerprint density at radius 3 is 2.24 bits per heavy atom.